The normalized spacial score (nSPS) is 44.8. The van der Waals surface area contributed by atoms with Gasteiger partial charge in [-0.05, 0) is 81.5 Å². The van der Waals surface area contributed by atoms with Crippen LogP contribution >= 0.6 is 0 Å². The molecule has 1 amide bonds. The molecular weight excluding hydrogens is 246 g/mol. The molecule has 1 atom stereocenters. The highest BCUT2D eigenvalue weighted by molar-refractivity contribution is 5.79. The summed E-state index contributed by atoms with van der Waals surface area (Å²) in [4.78, 5) is 12.4. The van der Waals surface area contributed by atoms with Crippen LogP contribution in [0.25, 0.3) is 0 Å². The predicted octanol–water partition coefficient (Wildman–Crippen LogP) is 3.90. The van der Waals surface area contributed by atoms with Gasteiger partial charge in [0, 0.05) is 12.0 Å². The van der Waals surface area contributed by atoms with Crippen molar-refractivity contribution in [2.75, 3.05) is 0 Å². The SMILES string of the molecule is C[C@@H](NC(=O)C1CCCC1)C12CC3CC(CC(C3)C1)C2. The van der Waals surface area contributed by atoms with Crippen LogP contribution in [0, 0.1) is 29.1 Å². The Morgan fingerprint density at radius 3 is 2.00 bits per heavy atom. The third kappa shape index (κ3) is 2.10. The maximum atomic E-state index is 12.4. The second kappa shape index (κ2) is 4.74. The molecule has 0 spiro atoms. The molecule has 2 heteroatoms. The van der Waals surface area contributed by atoms with Crippen LogP contribution in [0.3, 0.4) is 0 Å². The zero-order chi connectivity index (χ0) is 13.7. The Hall–Kier alpha value is -0.530. The highest BCUT2D eigenvalue weighted by Crippen LogP contribution is 2.61. The molecule has 0 radical (unpaired) electrons. The molecule has 4 bridgehead atoms. The van der Waals surface area contributed by atoms with Gasteiger partial charge in [0.25, 0.3) is 0 Å². The quantitative estimate of drug-likeness (QED) is 0.831. The number of hydrogen-bond acceptors (Lipinski definition) is 1. The molecule has 5 saturated carbocycles. The number of rotatable bonds is 3. The second-order valence-electron chi connectivity index (χ2n) is 8.49. The standard InChI is InChI=1S/C18H29NO/c1-12(19-17(20)16-4-2-3-5-16)18-9-13-6-14(10-18)8-15(7-13)11-18/h12-16H,2-11H2,1H3,(H,19,20)/t12-,13?,14?,15?,18?/m1/s1. The zero-order valence-electron chi connectivity index (χ0n) is 12.9. The molecule has 5 fully saturated rings. The Bertz CT molecular complexity index is 361. The van der Waals surface area contributed by atoms with Crippen molar-refractivity contribution >= 4 is 5.91 Å². The van der Waals surface area contributed by atoms with Crippen LogP contribution in [0.2, 0.25) is 0 Å². The van der Waals surface area contributed by atoms with Crippen molar-refractivity contribution in [3.05, 3.63) is 0 Å². The second-order valence-corrected chi connectivity index (χ2v) is 8.49. The van der Waals surface area contributed by atoms with Crippen LogP contribution in [-0.4, -0.2) is 11.9 Å². The molecule has 0 aliphatic heterocycles. The molecule has 2 nitrogen and oxygen atoms in total. The first-order valence-electron chi connectivity index (χ1n) is 8.95. The minimum absolute atomic E-state index is 0.325. The van der Waals surface area contributed by atoms with E-state index in [9.17, 15) is 4.79 Å². The van der Waals surface area contributed by atoms with Gasteiger partial charge in [0.1, 0.15) is 0 Å². The Kier molecular flexibility index (Phi) is 3.12. The number of nitrogens with one attached hydrogen (secondary N) is 1. The van der Waals surface area contributed by atoms with E-state index in [0.717, 1.165) is 30.6 Å². The Balaban J connectivity index is 1.45. The largest absolute Gasteiger partial charge is 0.353 e. The third-order valence-corrected chi connectivity index (χ3v) is 7.09. The van der Waals surface area contributed by atoms with Gasteiger partial charge < -0.3 is 5.32 Å². The molecule has 0 unspecified atom stereocenters. The summed E-state index contributed by atoms with van der Waals surface area (Å²) in [5, 5.41) is 3.44. The molecule has 0 aromatic rings. The summed E-state index contributed by atoms with van der Waals surface area (Å²) in [5.41, 5.74) is 0.461. The average molecular weight is 275 g/mol. The number of amides is 1. The van der Waals surface area contributed by atoms with Gasteiger partial charge in [0.2, 0.25) is 5.91 Å². The fourth-order valence-corrected chi connectivity index (χ4v) is 6.38. The van der Waals surface area contributed by atoms with Crippen molar-refractivity contribution in [1.29, 1.82) is 0 Å². The van der Waals surface area contributed by atoms with Crippen molar-refractivity contribution in [1.82, 2.24) is 5.32 Å². The van der Waals surface area contributed by atoms with E-state index in [4.69, 9.17) is 0 Å². The Morgan fingerprint density at radius 2 is 1.50 bits per heavy atom. The molecule has 0 aromatic carbocycles. The fourth-order valence-electron chi connectivity index (χ4n) is 6.38. The minimum Gasteiger partial charge on any atom is -0.353 e. The molecule has 20 heavy (non-hydrogen) atoms. The predicted molar refractivity (Wildman–Crippen MR) is 80.2 cm³/mol. The minimum atomic E-state index is 0.325. The zero-order valence-corrected chi connectivity index (χ0v) is 12.9. The van der Waals surface area contributed by atoms with Gasteiger partial charge in [0.15, 0.2) is 0 Å². The van der Waals surface area contributed by atoms with Gasteiger partial charge in [-0.3, -0.25) is 4.79 Å². The van der Waals surface area contributed by atoms with E-state index in [0.29, 0.717) is 23.3 Å². The number of hydrogen-bond donors (Lipinski definition) is 1. The molecule has 0 heterocycles. The summed E-state index contributed by atoms with van der Waals surface area (Å²) in [6.45, 7) is 2.31. The van der Waals surface area contributed by atoms with E-state index >= 15 is 0 Å². The Labute approximate surface area is 123 Å². The average Bonchev–Trinajstić information content (AvgIpc) is 2.90. The first kappa shape index (κ1) is 13.2. The third-order valence-electron chi connectivity index (χ3n) is 7.09. The van der Waals surface area contributed by atoms with Gasteiger partial charge in [-0.2, -0.15) is 0 Å². The smallest absolute Gasteiger partial charge is 0.223 e. The maximum Gasteiger partial charge on any atom is 0.223 e. The summed E-state index contributed by atoms with van der Waals surface area (Å²) in [6, 6.07) is 0.406. The van der Waals surface area contributed by atoms with E-state index in [1.807, 2.05) is 0 Å². The van der Waals surface area contributed by atoms with Gasteiger partial charge in [-0.15, -0.1) is 0 Å². The highest BCUT2D eigenvalue weighted by atomic mass is 16.1. The molecule has 5 rings (SSSR count). The van der Waals surface area contributed by atoms with Gasteiger partial charge in [-0.25, -0.2) is 0 Å². The van der Waals surface area contributed by atoms with Crippen LogP contribution in [0.15, 0.2) is 0 Å². The van der Waals surface area contributed by atoms with Gasteiger partial charge in [-0.1, -0.05) is 12.8 Å². The summed E-state index contributed by atoms with van der Waals surface area (Å²) in [6.07, 6.45) is 13.4. The monoisotopic (exact) mass is 275 g/mol. The first-order valence-corrected chi connectivity index (χ1v) is 8.95. The summed E-state index contributed by atoms with van der Waals surface area (Å²) < 4.78 is 0. The highest BCUT2D eigenvalue weighted by Gasteiger charge is 2.53. The van der Waals surface area contributed by atoms with Gasteiger partial charge in [0.05, 0.1) is 0 Å². The van der Waals surface area contributed by atoms with Crippen molar-refractivity contribution in [2.24, 2.45) is 29.1 Å². The van der Waals surface area contributed by atoms with E-state index in [2.05, 4.69) is 12.2 Å². The summed E-state index contributed by atoms with van der Waals surface area (Å²) in [7, 11) is 0. The van der Waals surface area contributed by atoms with Crippen LogP contribution in [0.5, 0.6) is 0 Å². The van der Waals surface area contributed by atoms with Crippen LogP contribution in [0.4, 0.5) is 0 Å². The molecule has 5 aliphatic rings. The fraction of sp³-hybridized carbons (Fsp3) is 0.944. The van der Waals surface area contributed by atoms with Crippen molar-refractivity contribution in [2.45, 2.75) is 77.2 Å². The van der Waals surface area contributed by atoms with E-state index in [1.165, 1.54) is 51.4 Å². The molecule has 5 aliphatic carbocycles. The lowest BCUT2D eigenvalue weighted by Crippen LogP contribution is -2.56. The van der Waals surface area contributed by atoms with E-state index in [1.54, 1.807) is 0 Å². The molecular formula is C18H29NO. The molecule has 0 aromatic heterocycles. The van der Waals surface area contributed by atoms with E-state index < -0.39 is 0 Å². The number of carbonyl (C=O) groups is 1. The molecule has 0 saturated heterocycles. The molecule has 1 N–H and O–H groups in total. The summed E-state index contributed by atoms with van der Waals surface area (Å²) >= 11 is 0. The Morgan fingerprint density at radius 1 is 1.00 bits per heavy atom. The maximum absolute atomic E-state index is 12.4. The molecule has 112 valence electrons. The van der Waals surface area contributed by atoms with Crippen molar-refractivity contribution in [3.63, 3.8) is 0 Å². The topological polar surface area (TPSA) is 29.1 Å². The number of carbonyl (C=O) groups excluding carboxylic acids is 1. The van der Waals surface area contributed by atoms with E-state index in [-0.39, 0.29) is 0 Å². The first-order chi connectivity index (χ1) is 9.64. The lowest BCUT2D eigenvalue weighted by atomic mass is 9.48. The summed E-state index contributed by atoms with van der Waals surface area (Å²) in [5.74, 6) is 3.63. The van der Waals surface area contributed by atoms with Crippen LogP contribution < -0.4 is 5.32 Å². The van der Waals surface area contributed by atoms with Crippen LogP contribution in [0.1, 0.15) is 71.1 Å². The lowest BCUT2D eigenvalue weighted by Gasteiger charge is -2.59. The lowest BCUT2D eigenvalue weighted by molar-refractivity contribution is -0.129. The van der Waals surface area contributed by atoms with Gasteiger partial charge >= 0.3 is 0 Å². The van der Waals surface area contributed by atoms with Crippen molar-refractivity contribution in [3.8, 4) is 0 Å². The van der Waals surface area contributed by atoms with Crippen molar-refractivity contribution < 1.29 is 4.79 Å². The van der Waals surface area contributed by atoms with Crippen LogP contribution in [-0.2, 0) is 4.79 Å².